The van der Waals surface area contributed by atoms with E-state index < -0.39 is 11.4 Å². The van der Waals surface area contributed by atoms with E-state index in [0.717, 1.165) is 19.4 Å². The van der Waals surface area contributed by atoms with Gasteiger partial charge < -0.3 is 14.9 Å². The lowest BCUT2D eigenvalue weighted by atomic mass is 9.90. The van der Waals surface area contributed by atoms with E-state index in [2.05, 4.69) is 13.8 Å². The molecule has 1 unspecified atom stereocenters. The fourth-order valence-electron chi connectivity index (χ4n) is 2.70. The van der Waals surface area contributed by atoms with E-state index in [1.807, 2.05) is 11.8 Å². The predicted molar refractivity (Wildman–Crippen MR) is 78.6 cm³/mol. The van der Waals surface area contributed by atoms with Gasteiger partial charge >= 0.3 is 12.0 Å². The van der Waals surface area contributed by atoms with Crippen molar-refractivity contribution in [2.75, 3.05) is 26.2 Å². The Kier molecular flexibility index (Phi) is 5.84. The van der Waals surface area contributed by atoms with E-state index in [-0.39, 0.29) is 6.03 Å². The Hall–Kier alpha value is -1.26. The molecule has 116 valence electrons. The Morgan fingerprint density at radius 1 is 1.30 bits per heavy atom. The van der Waals surface area contributed by atoms with E-state index in [0.29, 0.717) is 32.0 Å². The average Bonchev–Trinajstić information content (AvgIpc) is 2.84. The van der Waals surface area contributed by atoms with Gasteiger partial charge in [-0.3, -0.25) is 4.79 Å². The first-order valence-corrected chi connectivity index (χ1v) is 7.65. The van der Waals surface area contributed by atoms with Crippen LogP contribution in [0.25, 0.3) is 0 Å². The minimum atomic E-state index is -0.809. The Morgan fingerprint density at radius 3 is 2.30 bits per heavy atom. The number of hydrogen-bond acceptors (Lipinski definition) is 2. The van der Waals surface area contributed by atoms with Crippen LogP contribution in [0.15, 0.2) is 0 Å². The number of urea groups is 1. The van der Waals surface area contributed by atoms with Crippen LogP contribution >= 0.6 is 0 Å². The summed E-state index contributed by atoms with van der Waals surface area (Å²) in [6, 6.07) is -0.00984. The topological polar surface area (TPSA) is 60.9 Å². The number of carboxylic acids is 1. The molecule has 1 atom stereocenters. The van der Waals surface area contributed by atoms with Crippen molar-refractivity contribution in [1.29, 1.82) is 0 Å². The van der Waals surface area contributed by atoms with Crippen LogP contribution in [0.4, 0.5) is 4.79 Å². The highest BCUT2D eigenvalue weighted by Crippen LogP contribution is 2.30. The van der Waals surface area contributed by atoms with Crippen LogP contribution in [0.3, 0.4) is 0 Å². The Bertz CT molecular complexity index is 355. The van der Waals surface area contributed by atoms with Gasteiger partial charge in [0.05, 0.1) is 5.41 Å². The van der Waals surface area contributed by atoms with Crippen molar-refractivity contribution in [3.63, 3.8) is 0 Å². The number of likely N-dealkylation sites (tertiary alicyclic amines) is 1. The number of amides is 2. The van der Waals surface area contributed by atoms with E-state index >= 15 is 0 Å². The summed E-state index contributed by atoms with van der Waals surface area (Å²) in [7, 11) is 0. The smallest absolute Gasteiger partial charge is 0.320 e. The summed E-state index contributed by atoms with van der Waals surface area (Å²) >= 11 is 0. The van der Waals surface area contributed by atoms with Gasteiger partial charge in [0.25, 0.3) is 0 Å². The molecule has 0 aromatic carbocycles. The van der Waals surface area contributed by atoms with Gasteiger partial charge in [-0.15, -0.1) is 0 Å². The van der Waals surface area contributed by atoms with Crippen molar-refractivity contribution in [3.05, 3.63) is 0 Å². The second-order valence-electron chi connectivity index (χ2n) is 6.04. The van der Waals surface area contributed by atoms with Crippen LogP contribution in [0.2, 0.25) is 0 Å². The fraction of sp³-hybridized carbons (Fsp3) is 0.867. The highest BCUT2D eigenvalue weighted by Gasteiger charge is 2.43. The van der Waals surface area contributed by atoms with Gasteiger partial charge in [-0.05, 0) is 26.2 Å². The van der Waals surface area contributed by atoms with E-state index in [1.54, 1.807) is 11.8 Å². The maximum Gasteiger partial charge on any atom is 0.320 e. The van der Waals surface area contributed by atoms with Crippen molar-refractivity contribution in [2.45, 2.75) is 47.0 Å². The summed E-state index contributed by atoms with van der Waals surface area (Å²) in [6.07, 6.45) is 2.66. The molecule has 0 radical (unpaired) electrons. The molecule has 5 heteroatoms. The summed E-state index contributed by atoms with van der Waals surface area (Å²) in [4.78, 5) is 27.3. The van der Waals surface area contributed by atoms with Crippen molar-refractivity contribution in [2.24, 2.45) is 11.3 Å². The standard InChI is InChI=1S/C15H28N2O3/c1-5-12(6-2)10-16(7-3)14(20)17-9-8-15(4,11-17)13(18)19/h12H,5-11H2,1-4H3,(H,18,19). The van der Waals surface area contributed by atoms with Crippen molar-refractivity contribution in [3.8, 4) is 0 Å². The van der Waals surface area contributed by atoms with Crippen LogP contribution in [0.1, 0.15) is 47.0 Å². The van der Waals surface area contributed by atoms with Gasteiger partial charge in [-0.2, -0.15) is 0 Å². The van der Waals surface area contributed by atoms with Gasteiger partial charge in [0.2, 0.25) is 0 Å². The van der Waals surface area contributed by atoms with Gasteiger partial charge in [0.15, 0.2) is 0 Å². The Labute approximate surface area is 121 Å². The Morgan fingerprint density at radius 2 is 1.90 bits per heavy atom. The number of hydrogen-bond donors (Lipinski definition) is 1. The summed E-state index contributed by atoms with van der Waals surface area (Å²) in [6.45, 7) is 10.3. The molecular formula is C15H28N2O3. The van der Waals surface area contributed by atoms with Crippen molar-refractivity contribution < 1.29 is 14.7 Å². The van der Waals surface area contributed by atoms with Gasteiger partial charge in [-0.25, -0.2) is 4.79 Å². The molecule has 0 bridgehead atoms. The van der Waals surface area contributed by atoms with Gasteiger partial charge in [0.1, 0.15) is 0 Å². The van der Waals surface area contributed by atoms with E-state index in [9.17, 15) is 14.7 Å². The molecule has 0 aromatic heterocycles. The van der Waals surface area contributed by atoms with Crippen LogP contribution in [0, 0.1) is 11.3 Å². The maximum atomic E-state index is 12.5. The molecule has 1 rings (SSSR count). The summed E-state index contributed by atoms with van der Waals surface area (Å²) in [5, 5.41) is 9.24. The van der Waals surface area contributed by atoms with E-state index in [1.165, 1.54) is 0 Å². The Balaban J connectivity index is 2.66. The first kappa shape index (κ1) is 16.8. The normalized spacial score (nSPS) is 22.4. The minimum Gasteiger partial charge on any atom is -0.481 e. The molecule has 1 aliphatic rings. The van der Waals surface area contributed by atoms with E-state index in [4.69, 9.17) is 0 Å². The number of carbonyl (C=O) groups excluding carboxylic acids is 1. The molecular weight excluding hydrogens is 256 g/mol. The molecule has 1 fully saturated rings. The molecule has 1 saturated heterocycles. The molecule has 20 heavy (non-hydrogen) atoms. The average molecular weight is 284 g/mol. The quantitative estimate of drug-likeness (QED) is 0.815. The number of rotatable bonds is 6. The largest absolute Gasteiger partial charge is 0.481 e. The summed E-state index contributed by atoms with van der Waals surface area (Å²) < 4.78 is 0. The molecule has 0 saturated carbocycles. The van der Waals surface area contributed by atoms with Crippen LogP contribution in [-0.4, -0.2) is 53.1 Å². The van der Waals surface area contributed by atoms with Crippen LogP contribution in [-0.2, 0) is 4.79 Å². The number of carboxylic acid groups (broad SMARTS) is 1. The first-order chi connectivity index (χ1) is 9.37. The van der Waals surface area contributed by atoms with Gasteiger partial charge in [-0.1, -0.05) is 26.7 Å². The zero-order valence-electron chi connectivity index (χ0n) is 13.2. The monoisotopic (exact) mass is 284 g/mol. The lowest BCUT2D eigenvalue weighted by Crippen LogP contribution is -2.45. The molecule has 1 heterocycles. The third kappa shape index (κ3) is 3.64. The molecule has 2 amide bonds. The lowest BCUT2D eigenvalue weighted by molar-refractivity contribution is -0.147. The van der Waals surface area contributed by atoms with Crippen LogP contribution in [0.5, 0.6) is 0 Å². The highest BCUT2D eigenvalue weighted by molar-refractivity contribution is 5.79. The first-order valence-electron chi connectivity index (χ1n) is 7.65. The maximum absolute atomic E-state index is 12.5. The van der Waals surface area contributed by atoms with Crippen molar-refractivity contribution >= 4 is 12.0 Å². The minimum absolute atomic E-state index is 0.00984. The molecule has 1 aliphatic heterocycles. The summed E-state index contributed by atoms with van der Waals surface area (Å²) in [5.41, 5.74) is -0.788. The van der Waals surface area contributed by atoms with Gasteiger partial charge in [0, 0.05) is 26.2 Å². The lowest BCUT2D eigenvalue weighted by Gasteiger charge is -2.30. The molecule has 0 aromatic rings. The van der Waals surface area contributed by atoms with Crippen molar-refractivity contribution in [1.82, 2.24) is 9.80 Å². The molecule has 0 aliphatic carbocycles. The highest BCUT2D eigenvalue weighted by atomic mass is 16.4. The second kappa shape index (κ2) is 6.95. The molecule has 1 N–H and O–H groups in total. The van der Waals surface area contributed by atoms with Crippen LogP contribution < -0.4 is 0 Å². The fourth-order valence-corrected chi connectivity index (χ4v) is 2.70. The number of nitrogens with zero attached hydrogens (tertiary/aromatic N) is 2. The zero-order valence-corrected chi connectivity index (χ0v) is 13.2. The zero-order chi connectivity index (χ0) is 15.3. The third-order valence-corrected chi connectivity index (χ3v) is 4.55. The second-order valence-corrected chi connectivity index (χ2v) is 6.04. The molecule has 0 spiro atoms. The molecule has 5 nitrogen and oxygen atoms in total. The SMILES string of the molecule is CCC(CC)CN(CC)C(=O)N1CCC(C)(C(=O)O)C1. The predicted octanol–water partition coefficient (Wildman–Crippen LogP) is 2.66. The third-order valence-electron chi connectivity index (χ3n) is 4.55. The summed E-state index contributed by atoms with van der Waals surface area (Å²) in [5.74, 6) is -0.289. The number of aliphatic carboxylic acids is 1. The number of carbonyl (C=O) groups is 2.